The summed E-state index contributed by atoms with van der Waals surface area (Å²) in [5.74, 6) is -1.11. The lowest BCUT2D eigenvalue weighted by Gasteiger charge is -2.16. The number of allylic oxidation sites excluding steroid dienone is 4. The van der Waals surface area contributed by atoms with E-state index in [0.717, 1.165) is 38.5 Å². The number of esters is 1. The zero-order valence-corrected chi connectivity index (χ0v) is 26.7. The van der Waals surface area contributed by atoms with E-state index in [-0.39, 0.29) is 12.4 Å². The lowest BCUT2D eigenvalue weighted by Crippen LogP contribution is -2.21. The molecular formula is C36H66O4. The predicted octanol–water partition coefficient (Wildman–Crippen LogP) is 11.7. The van der Waals surface area contributed by atoms with Crippen molar-refractivity contribution in [1.29, 1.82) is 0 Å². The van der Waals surface area contributed by atoms with E-state index in [0.29, 0.717) is 12.8 Å². The Labute approximate surface area is 248 Å². The second kappa shape index (κ2) is 31.9. The van der Waals surface area contributed by atoms with Gasteiger partial charge in [-0.1, -0.05) is 147 Å². The molecule has 0 heterocycles. The summed E-state index contributed by atoms with van der Waals surface area (Å²) in [7, 11) is 0. The fourth-order valence-electron chi connectivity index (χ4n) is 5.11. The molecule has 4 heteroatoms. The van der Waals surface area contributed by atoms with Crippen LogP contribution in [0.4, 0.5) is 0 Å². The van der Waals surface area contributed by atoms with Crippen molar-refractivity contribution in [1.82, 2.24) is 0 Å². The topological polar surface area (TPSA) is 63.6 Å². The molecule has 0 rings (SSSR count). The molecule has 0 saturated heterocycles. The van der Waals surface area contributed by atoms with Crippen LogP contribution in [-0.2, 0) is 14.3 Å². The molecule has 0 saturated carbocycles. The molecule has 1 atom stereocenters. The first-order chi connectivity index (χ1) is 19.6. The Bertz CT molecular complexity index is 610. The number of carbonyl (C=O) groups excluding carboxylic acids is 1. The number of carbonyl (C=O) groups is 2. The van der Waals surface area contributed by atoms with Gasteiger partial charge in [-0.15, -0.1) is 0 Å². The van der Waals surface area contributed by atoms with E-state index in [1.54, 1.807) is 0 Å². The molecule has 40 heavy (non-hydrogen) atoms. The molecule has 0 radical (unpaired) electrons. The molecule has 0 aliphatic carbocycles. The Morgan fingerprint density at radius 1 is 0.575 bits per heavy atom. The van der Waals surface area contributed by atoms with Gasteiger partial charge < -0.3 is 9.84 Å². The lowest BCUT2D eigenvalue weighted by molar-refractivity contribution is -0.153. The quantitative estimate of drug-likeness (QED) is 0.0518. The minimum absolute atomic E-state index is 0.0750. The molecular weight excluding hydrogens is 496 g/mol. The van der Waals surface area contributed by atoms with Gasteiger partial charge in [-0.2, -0.15) is 0 Å². The van der Waals surface area contributed by atoms with Gasteiger partial charge in [0, 0.05) is 6.42 Å². The van der Waals surface area contributed by atoms with Gasteiger partial charge in [0.15, 0.2) is 0 Å². The van der Waals surface area contributed by atoms with E-state index in [2.05, 4.69) is 38.2 Å². The van der Waals surface area contributed by atoms with Crippen LogP contribution in [0.15, 0.2) is 24.3 Å². The van der Waals surface area contributed by atoms with E-state index in [1.807, 2.05) is 0 Å². The van der Waals surface area contributed by atoms with Crippen LogP contribution < -0.4 is 0 Å². The Balaban J connectivity index is 3.68. The zero-order valence-electron chi connectivity index (χ0n) is 26.7. The van der Waals surface area contributed by atoms with Crippen LogP contribution in [0.2, 0.25) is 0 Å². The number of ether oxygens (including phenoxy) is 1. The van der Waals surface area contributed by atoms with Crippen molar-refractivity contribution in [2.24, 2.45) is 0 Å². The summed E-state index contributed by atoms with van der Waals surface area (Å²) in [5, 5.41) is 9.21. The van der Waals surface area contributed by atoms with E-state index in [4.69, 9.17) is 4.74 Å². The minimum Gasteiger partial charge on any atom is -0.481 e. The van der Waals surface area contributed by atoms with Crippen molar-refractivity contribution in [3.05, 3.63) is 24.3 Å². The van der Waals surface area contributed by atoms with Crippen LogP contribution in [0.3, 0.4) is 0 Å². The van der Waals surface area contributed by atoms with Crippen LogP contribution in [0.25, 0.3) is 0 Å². The largest absolute Gasteiger partial charge is 0.481 e. The number of carboxylic acid groups (broad SMARTS) is 1. The lowest BCUT2D eigenvalue weighted by atomic mass is 10.0. The van der Waals surface area contributed by atoms with E-state index >= 15 is 0 Å². The first kappa shape index (κ1) is 38.4. The fraction of sp³-hybridized carbons (Fsp3) is 0.833. The average Bonchev–Trinajstić information content (AvgIpc) is 2.93. The molecule has 0 fully saturated rings. The summed E-state index contributed by atoms with van der Waals surface area (Å²) in [6, 6.07) is 0. The Kier molecular flexibility index (Phi) is 30.7. The molecule has 0 aromatic rings. The van der Waals surface area contributed by atoms with E-state index in [9.17, 15) is 14.7 Å². The van der Waals surface area contributed by atoms with Crippen molar-refractivity contribution in [3.63, 3.8) is 0 Å². The van der Waals surface area contributed by atoms with Crippen molar-refractivity contribution in [2.75, 3.05) is 0 Å². The highest BCUT2D eigenvalue weighted by Crippen LogP contribution is 2.16. The highest BCUT2D eigenvalue weighted by molar-refractivity contribution is 5.71. The zero-order chi connectivity index (χ0) is 29.4. The normalized spacial score (nSPS) is 12.4. The van der Waals surface area contributed by atoms with Crippen molar-refractivity contribution in [2.45, 2.75) is 193 Å². The van der Waals surface area contributed by atoms with Gasteiger partial charge in [0.2, 0.25) is 0 Å². The molecule has 0 aromatic carbocycles. The first-order valence-electron chi connectivity index (χ1n) is 17.3. The third kappa shape index (κ3) is 31.0. The number of aliphatic carboxylic acids is 1. The molecule has 0 bridgehead atoms. The average molecular weight is 563 g/mol. The second-order valence-electron chi connectivity index (χ2n) is 11.7. The Morgan fingerprint density at radius 2 is 1.00 bits per heavy atom. The van der Waals surface area contributed by atoms with Crippen LogP contribution >= 0.6 is 0 Å². The second-order valence-corrected chi connectivity index (χ2v) is 11.7. The number of unbranched alkanes of at least 4 members (excludes halogenated alkanes) is 20. The van der Waals surface area contributed by atoms with Crippen LogP contribution in [0.1, 0.15) is 187 Å². The number of hydrogen-bond acceptors (Lipinski definition) is 3. The molecule has 1 N–H and O–H groups in total. The minimum atomic E-state index is -0.883. The number of carboxylic acids is 1. The van der Waals surface area contributed by atoms with Crippen molar-refractivity contribution < 1.29 is 19.4 Å². The molecule has 234 valence electrons. The molecule has 0 aliphatic heterocycles. The van der Waals surface area contributed by atoms with Crippen molar-refractivity contribution in [3.8, 4) is 0 Å². The Hall–Kier alpha value is -1.58. The van der Waals surface area contributed by atoms with Gasteiger partial charge in [0.05, 0.1) is 6.42 Å². The van der Waals surface area contributed by atoms with Gasteiger partial charge in [0.1, 0.15) is 6.10 Å². The van der Waals surface area contributed by atoms with E-state index in [1.165, 1.54) is 116 Å². The molecule has 1 unspecified atom stereocenters. The molecule has 0 spiro atoms. The number of hydrogen-bond donors (Lipinski definition) is 1. The maximum Gasteiger partial charge on any atom is 0.307 e. The molecule has 0 aliphatic rings. The fourth-order valence-corrected chi connectivity index (χ4v) is 5.11. The standard InChI is InChI=1S/C36H66O4/c1-3-5-7-9-11-13-15-16-17-18-19-20-22-24-26-28-30-32-36(39)40-34(33-35(37)38)31-29-27-25-23-21-14-12-10-8-6-4-2/h11,13,16-17,34H,3-10,12,14-15,18-33H2,1-2H3,(H,37,38)/b13-11-,17-16-. The maximum absolute atomic E-state index is 12.3. The van der Waals surface area contributed by atoms with Crippen LogP contribution in [0, 0.1) is 0 Å². The summed E-state index contributed by atoms with van der Waals surface area (Å²) >= 11 is 0. The third-order valence-electron chi connectivity index (χ3n) is 7.66. The first-order valence-corrected chi connectivity index (χ1v) is 17.3. The molecule has 4 nitrogen and oxygen atoms in total. The summed E-state index contributed by atoms with van der Waals surface area (Å²) in [6.07, 6.45) is 39.0. The SMILES string of the molecule is CCCCC/C=C\C/C=C\CCCCCCCCCC(=O)OC(CCCCCCCCCCCCC)CC(=O)O. The maximum atomic E-state index is 12.3. The van der Waals surface area contributed by atoms with Gasteiger partial charge in [0.25, 0.3) is 0 Å². The van der Waals surface area contributed by atoms with Gasteiger partial charge >= 0.3 is 11.9 Å². The monoisotopic (exact) mass is 562 g/mol. The van der Waals surface area contributed by atoms with Gasteiger partial charge in [-0.25, -0.2) is 0 Å². The Morgan fingerprint density at radius 3 is 1.52 bits per heavy atom. The smallest absolute Gasteiger partial charge is 0.307 e. The summed E-state index contributed by atoms with van der Waals surface area (Å²) in [4.78, 5) is 23.5. The molecule has 0 aromatic heterocycles. The van der Waals surface area contributed by atoms with Crippen molar-refractivity contribution >= 4 is 11.9 Å². The van der Waals surface area contributed by atoms with Gasteiger partial charge in [-0.05, 0) is 51.4 Å². The van der Waals surface area contributed by atoms with Crippen LogP contribution in [-0.4, -0.2) is 23.1 Å². The number of rotatable bonds is 31. The van der Waals surface area contributed by atoms with E-state index < -0.39 is 12.1 Å². The van der Waals surface area contributed by atoms with Gasteiger partial charge in [-0.3, -0.25) is 9.59 Å². The summed E-state index contributed by atoms with van der Waals surface area (Å²) < 4.78 is 5.55. The summed E-state index contributed by atoms with van der Waals surface area (Å²) in [5.41, 5.74) is 0. The predicted molar refractivity (Wildman–Crippen MR) is 172 cm³/mol. The highest BCUT2D eigenvalue weighted by atomic mass is 16.5. The summed E-state index contributed by atoms with van der Waals surface area (Å²) in [6.45, 7) is 4.50. The van der Waals surface area contributed by atoms with Crippen LogP contribution in [0.5, 0.6) is 0 Å². The molecule has 0 amide bonds. The third-order valence-corrected chi connectivity index (χ3v) is 7.66. The highest BCUT2D eigenvalue weighted by Gasteiger charge is 2.17.